The van der Waals surface area contributed by atoms with Gasteiger partial charge in [0.15, 0.2) is 23.3 Å². The van der Waals surface area contributed by atoms with Crippen LogP contribution in [0.15, 0.2) is 24.3 Å². The van der Waals surface area contributed by atoms with Crippen LogP contribution in [-0.2, 0) is 0 Å². The van der Waals surface area contributed by atoms with Crippen LogP contribution < -0.4 is 16.6 Å². The summed E-state index contributed by atoms with van der Waals surface area (Å²) in [6.07, 6.45) is 0. The minimum absolute atomic E-state index is 0.139. The number of anilines is 3. The zero-order chi connectivity index (χ0) is 14.0. The quantitative estimate of drug-likeness (QED) is 0.597. The molecule has 7 heteroatoms. The van der Waals surface area contributed by atoms with Crippen LogP contribution in [0.25, 0.3) is 0 Å². The molecule has 1 aromatic heterocycles. The van der Waals surface area contributed by atoms with Gasteiger partial charge < -0.3 is 10.7 Å². The molecule has 0 aliphatic rings. The van der Waals surface area contributed by atoms with E-state index in [0.29, 0.717) is 16.8 Å². The van der Waals surface area contributed by atoms with E-state index >= 15 is 0 Å². The summed E-state index contributed by atoms with van der Waals surface area (Å²) in [6.45, 7) is 1.82. The number of nitrogens with zero attached hydrogens (tertiary/aromatic N) is 1. The molecule has 0 amide bonds. The first-order valence-corrected chi connectivity index (χ1v) is 5.75. The molecule has 0 unspecified atom stereocenters. The summed E-state index contributed by atoms with van der Waals surface area (Å²) in [7, 11) is 0. The molecule has 1 heterocycles. The lowest BCUT2D eigenvalue weighted by Gasteiger charge is -2.11. The van der Waals surface area contributed by atoms with E-state index < -0.39 is 11.6 Å². The number of rotatable bonds is 3. The number of nitrogen functional groups attached to an aromatic ring is 1. The van der Waals surface area contributed by atoms with Crippen LogP contribution in [0.4, 0.5) is 26.1 Å². The second kappa shape index (κ2) is 5.38. The predicted molar refractivity (Wildman–Crippen MR) is 71.4 cm³/mol. The number of halogens is 3. The van der Waals surface area contributed by atoms with Gasteiger partial charge in [-0.3, -0.25) is 0 Å². The molecule has 0 atom stereocenters. The molecule has 2 rings (SSSR count). The fourth-order valence-electron chi connectivity index (χ4n) is 1.51. The Morgan fingerprint density at radius 1 is 1.16 bits per heavy atom. The largest absolute Gasteiger partial charge is 0.337 e. The summed E-state index contributed by atoms with van der Waals surface area (Å²) in [5, 5.41) is 3.24. The summed E-state index contributed by atoms with van der Waals surface area (Å²) in [5.41, 5.74) is 3.48. The Bertz CT molecular complexity index is 619. The van der Waals surface area contributed by atoms with Crippen molar-refractivity contribution in [3.8, 4) is 0 Å². The zero-order valence-corrected chi connectivity index (χ0v) is 10.7. The summed E-state index contributed by atoms with van der Waals surface area (Å²) in [6, 6.07) is 5.80. The lowest BCUT2D eigenvalue weighted by Crippen LogP contribution is -2.12. The highest BCUT2D eigenvalue weighted by Gasteiger charge is 2.12. The molecule has 0 aliphatic heterocycles. The van der Waals surface area contributed by atoms with Crippen LogP contribution in [0.1, 0.15) is 5.56 Å². The SMILES string of the molecule is Cc1ccc(Cl)cc1Nc1nc(NN)c(F)cc1F. The fourth-order valence-corrected chi connectivity index (χ4v) is 1.68. The number of nitrogens with two attached hydrogens (primary N) is 1. The Balaban J connectivity index is 2.40. The average Bonchev–Trinajstić information content (AvgIpc) is 2.37. The lowest BCUT2D eigenvalue weighted by atomic mass is 10.2. The third kappa shape index (κ3) is 2.91. The number of pyridine rings is 1. The van der Waals surface area contributed by atoms with E-state index in [0.717, 1.165) is 5.56 Å². The summed E-state index contributed by atoms with van der Waals surface area (Å²) >= 11 is 5.86. The molecule has 0 bridgehead atoms. The molecule has 1 aromatic carbocycles. The molecule has 19 heavy (non-hydrogen) atoms. The molecule has 0 spiro atoms. The van der Waals surface area contributed by atoms with Gasteiger partial charge in [0, 0.05) is 16.8 Å². The predicted octanol–water partition coefficient (Wildman–Crippen LogP) is 3.35. The van der Waals surface area contributed by atoms with Crippen molar-refractivity contribution in [3.63, 3.8) is 0 Å². The zero-order valence-electron chi connectivity index (χ0n) is 9.97. The number of hydrazine groups is 1. The number of hydrogen-bond acceptors (Lipinski definition) is 4. The highest BCUT2D eigenvalue weighted by Crippen LogP contribution is 2.26. The van der Waals surface area contributed by atoms with Crippen molar-refractivity contribution in [2.45, 2.75) is 6.92 Å². The highest BCUT2D eigenvalue weighted by molar-refractivity contribution is 6.30. The van der Waals surface area contributed by atoms with E-state index in [1.165, 1.54) is 0 Å². The van der Waals surface area contributed by atoms with E-state index in [2.05, 4.69) is 15.7 Å². The molecule has 0 radical (unpaired) electrons. The highest BCUT2D eigenvalue weighted by atomic mass is 35.5. The van der Waals surface area contributed by atoms with E-state index in [9.17, 15) is 8.78 Å². The molecule has 2 aromatic rings. The van der Waals surface area contributed by atoms with Crippen LogP contribution in [0.2, 0.25) is 5.02 Å². The Morgan fingerprint density at radius 3 is 2.53 bits per heavy atom. The van der Waals surface area contributed by atoms with Gasteiger partial charge in [-0.05, 0) is 24.6 Å². The summed E-state index contributed by atoms with van der Waals surface area (Å²) < 4.78 is 26.8. The van der Waals surface area contributed by atoms with Gasteiger partial charge >= 0.3 is 0 Å². The Labute approximate surface area is 113 Å². The van der Waals surface area contributed by atoms with Crippen LogP contribution >= 0.6 is 11.6 Å². The van der Waals surface area contributed by atoms with Gasteiger partial charge in [-0.1, -0.05) is 17.7 Å². The van der Waals surface area contributed by atoms with Crippen LogP contribution in [0.5, 0.6) is 0 Å². The van der Waals surface area contributed by atoms with Crippen molar-refractivity contribution >= 4 is 28.9 Å². The van der Waals surface area contributed by atoms with Gasteiger partial charge in [0.1, 0.15) is 0 Å². The molecule has 0 fully saturated rings. The Morgan fingerprint density at radius 2 is 1.84 bits per heavy atom. The number of nitrogens with one attached hydrogen (secondary N) is 2. The Kier molecular flexibility index (Phi) is 3.82. The minimum Gasteiger partial charge on any atom is -0.337 e. The van der Waals surface area contributed by atoms with E-state index in [1.54, 1.807) is 18.2 Å². The fraction of sp³-hybridized carbons (Fsp3) is 0.0833. The van der Waals surface area contributed by atoms with Gasteiger partial charge in [-0.2, -0.15) is 0 Å². The van der Waals surface area contributed by atoms with Gasteiger partial charge in [0.05, 0.1) is 0 Å². The molecule has 0 saturated heterocycles. The topological polar surface area (TPSA) is 63.0 Å². The third-order valence-electron chi connectivity index (χ3n) is 2.52. The standard InChI is InChI=1S/C12H11ClF2N4/c1-6-2-3-7(13)4-10(6)17-11-8(14)5-9(15)12(18-11)19-16/h2-5H,16H2,1H3,(H2,17,18,19). The van der Waals surface area contributed by atoms with Crippen molar-refractivity contribution < 1.29 is 8.78 Å². The maximum absolute atomic E-state index is 13.6. The monoisotopic (exact) mass is 284 g/mol. The summed E-state index contributed by atoms with van der Waals surface area (Å²) in [4.78, 5) is 3.72. The minimum atomic E-state index is -0.867. The average molecular weight is 285 g/mol. The van der Waals surface area contributed by atoms with Gasteiger partial charge in [-0.15, -0.1) is 0 Å². The third-order valence-corrected chi connectivity index (χ3v) is 2.75. The van der Waals surface area contributed by atoms with Crippen LogP contribution in [0.3, 0.4) is 0 Å². The second-order valence-electron chi connectivity index (χ2n) is 3.88. The van der Waals surface area contributed by atoms with Crippen molar-refractivity contribution in [2.24, 2.45) is 5.84 Å². The van der Waals surface area contributed by atoms with Crippen molar-refractivity contribution in [1.82, 2.24) is 4.98 Å². The normalized spacial score (nSPS) is 10.4. The van der Waals surface area contributed by atoms with Crippen LogP contribution in [0, 0.1) is 18.6 Å². The first-order valence-electron chi connectivity index (χ1n) is 5.37. The molecule has 4 nitrogen and oxygen atoms in total. The molecular formula is C12H11ClF2N4. The number of aryl methyl sites for hydroxylation is 1. The maximum atomic E-state index is 13.6. The number of aromatic nitrogens is 1. The van der Waals surface area contributed by atoms with Crippen LogP contribution in [-0.4, -0.2) is 4.98 Å². The van der Waals surface area contributed by atoms with Gasteiger partial charge in [-0.25, -0.2) is 19.6 Å². The maximum Gasteiger partial charge on any atom is 0.178 e. The first kappa shape index (κ1) is 13.5. The van der Waals surface area contributed by atoms with E-state index in [1.807, 2.05) is 6.92 Å². The molecule has 0 saturated carbocycles. The Hall–Kier alpha value is -1.92. The first-order chi connectivity index (χ1) is 9.01. The summed E-state index contributed by atoms with van der Waals surface area (Å²) in [5.74, 6) is 3.02. The van der Waals surface area contributed by atoms with Gasteiger partial charge in [0.2, 0.25) is 0 Å². The smallest absolute Gasteiger partial charge is 0.178 e. The lowest BCUT2D eigenvalue weighted by molar-refractivity contribution is 0.579. The molecular weight excluding hydrogens is 274 g/mol. The number of hydrogen-bond donors (Lipinski definition) is 3. The molecule has 0 aliphatic carbocycles. The molecule has 4 N–H and O–H groups in total. The van der Waals surface area contributed by atoms with E-state index in [4.69, 9.17) is 17.4 Å². The number of benzene rings is 1. The molecule has 100 valence electrons. The second-order valence-corrected chi connectivity index (χ2v) is 4.31. The van der Waals surface area contributed by atoms with Crippen molar-refractivity contribution in [1.29, 1.82) is 0 Å². The van der Waals surface area contributed by atoms with Gasteiger partial charge in [0.25, 0.3) is 0 Å². The van der Waals surface area contributed by atoms with Crippen molar-refractivity contribution in [2.75, 3.05) is 10.7 Å². The van der Waals surface area contributed by atoms with Crippen molar-refractivity contribution in [3.05, 3.63) is 46.5 Å². The van der Waals surface area contributed by atoms with E-state index in [-0.39, 0.29) is 11.6 Å².